The SMILES string of the molecule is COc1ccc(-c2ccc(Nc3ccccc3)nn2)cc1. The minimum absolute atomic E-state index is 0.721. The number of nitrogens with one attached hydrogen (secondary N) is 1. The van der Waals surface area contributed by atoms with Crippen molar-refractivity contribution in [3.05, 3.63) is 66.7 Å². The van der Waals surface area contributed by atoms with Gasteiger partial charge in [-0.1, -0.05) is 18.2 Å². The van der Waals surface area contributed by atoms with Crippen LogP contribution in [-0.4, -0.2) is 17.3 Å². The van der Waals surface area contributed by atoms with E-state index >= 15 is 0 Å². The molecule has 4 nitrogen and oxygen atoms in total. The van der Waals surface area contributed by atoms with E-state index in [1.54, 1.807) is 7.11 Å². The number of hydrogen-bond donors (Lipinski definition) is 1. The smallest absolute Gasteiger partial charge is 0.153 e. The van der Waals surface area contributed by atoms with Crippen LogP contribution in [0.5, 0.6) is 5.75 Å². The monoisotopic (exact) mass is 277 g/mol. The van der Waals surface area contributed by atoms with Crippen LogP contribution in [0.2, 0.25) is 0 Å². The highest BCUT2D eigenvalue weighted by atomic mass is 16.5. The van der Waals surface area contributed by atoms with Crippen molar-refractivity contribution in [2.45, 2.75) is 0 Å². The van der Waals surface area contributed by atoms with Crippen molar-refractivity contribution in [1.82, 2.24) is 10.2 Å². The zero-order valence-electron chi connectivity index (χ0n) is 11.7. The molecule has 4 heteroatoms. The van der Waals surface area contributed by atoms with Crippen molar-refractivity contribution >= 4 is 11.5 Å². The topological polar surface area (TPSA) is 47.0 Å². The third kappa shape index (κ3) is 3.17. The maximum absolute atomic E-state index is 5.14. The minimum Gasteiger partial charge on any atom is -0.497 e. The number of para-hydroxylation sites is 1. The molecular formula is C17H15N3O. The Bertz CT molecular complexity index is 694. The van der Waals surface area contributed by atoms with Crippen molar-refractivity contribution in [3.63, 3.8) is 0 Å². The molecule has 1 N–H and O–H groups in total. The van der Waals surface area contributed by atoms with Gasteiger partial charge in [0.1, 0.15) is 5.75 Å². The van der Waals surface area contributed by atoms with Gasteiger partial charge in [-0.25, -0.2) is 0 Å². The lowest BCUT2D eigenvalue weighted by Gasteiger charge is -2.06. The average Bonchev–Trinajstić information content (AvgIpc) is 2.57. The number of benzene rings is 2. The normalized spacial score (nSPS) is 10.1. The lowest BCUT2D eigenvalue weighted by molar-refractivity contribution is 0.415. The molecule has 0 unspecified atom stereocenters. The Balaban J connectivity index is 1.77. The van der Waals surface area contributed by atoms with E-state index in [2.05, 4.69) is 15.5 Å². The van der Waals surface area contributed by atoms with Crippen LogP contribution in [-0.2, 0) is 0 Å². The fourth-order valence-corrected chi connectivity index (χ4v) is 1.98. The predicted octanol–water partition coefficient (Wildman–Crippen LogP) is 3.90. The number of anilines is 2. The molecule has 1 aromatic heterocycles. The van der Waals surface area contributed by atoms with Gasteiger partial charge in [0.05, 0.1) is 12.8 Å². The molecule has 0 saturated heterocycles. The molecule has 0 spiro atoms. The molecule has 0 aliphatic carbocycles. The molecule has 1 heterocycles. The van der Waals surface area contributed by atoms with E-state index < -0.39 is 0 Å². The Kier molecular flexibility index (Phi) is 3.78. The second-order valence-electron chi connectivity index (χ2n) is 4.52. The highest BCUT2D eigenvalue weighted by molar-refractivity contribution is 5.62. The second kappa shape index (κ2) is 6.05. The number of nitrogens with zero attached hydrogens (tertiary/aromatic N) is 2. The van der Waals surface area contributed by atoms with Gasteiger partial charge in [0.2, 0.25) is 0 Å². The highest BCUT2D eigenvalue weighted by Gasteiger charge is 2.02. The van der Waals surface area contributed by atoms with Crippen LogP contribution in [0.3, 0.4) is 0 Å². The molecule has 0 fully saturated rings. The maximum atomic E-state index is 5.14. The Morgan fingerprint density at radius 3 is 2.19 bits per heavy atom. The zero-order valence-corrected chi connectivity index (χ0v) is 11.7. The first-order chi connectivity index (χ1) is 10.3. The summed E-state index contributed by atoms with van der Waals surface area (Å²) in [6, 6.07) is 21.5. The number of rotatable bonds is 4. The molecule has 0 bridgehead atoms. The van der Waals surface area contributed by atoms with Crippen LogP contribution in [0.25, 0.3) is 11.3 Å². The molecule has 104 valence electrons. The van der Waals surface area contributed by atoms with Crippen LogP contribution >= 0.6 is 0 Å². The van der Waals surface area contributed by atoms with E-state index in [0.29, 0.717) is 0 Å². The lowest BCUT2D eigenvalue weighted by Crippen LogP contribution is -1.96. The first-order valence-electron chi connectivity index (χ1n) is 6.65. The van der Waals surface area contributed by atoms with Gasteiger partial charge in [0.15, 0.2) is 5.82 Å². The molecule has 0 aliphatic rings. The van der Waals surface area contributed by atoms with Crippen molar-refractivity contribution in [3.8, 4) is 17.0 Å². The fourth-order valence-electron chi connectivity index (χ4n) is 1.98. The first-order valence-corrected chi connectivity index (χ1v) is 6.65. The van der Waals surface area contributed by atoms with Crippen molar-refractivity contribution < 1.29 is 4.74 Å². The summed E-state index contributed by atoms with van der Waals surface area (Å²) in [7, 11) is 1.65. The summed E-state index contributed by atoms with van der Waals surface area (Å²) in [5, 5.41) is 11.7. The predicted molar refractivity (Wildman–Crippen MR) is 83.7 cm³/mol. The Morgan fingerprint density at radius 1 is 0.810 bits per heavy atom. The van der Waals surface area contributed by atoms with E-state index in [-0.39, 0.29) is 0 Å². The molecule has 21 heavy (non-hydrogen) atoms. The third-order valence-corrected chi connectivity index (χ3v) is 3.10. The van der Waals surface area contributed by atoms with Crippen LogP contribution in [0.15, 0.2) is 66.7 Å². The molecule has 2 aromatic carbocycles. The van der Waals surface area contributed by atoms with E-state index in [4.69, 9.17) is 4.74 Å². The number of aromatic nitrogens is 2. The maximum Gasteiger partial charge on any atom is 0.153 e. The molecule has 0 atom stereocenters. The van der Waals surface area contributed by atoms with E-state index in [1.165, 1.54) is 0 Å². The van der Waals surface area contributed by atoms with Gasteiger partial charge in [-0.2, -0.15) is 0 Å². The summed E-state index contributed by atoms with van der Waals surface area (Å²) in [6.45, 7) is 0. The zero-order chi connectivity index (χ0) is 14.5. The quantitative estimate of drug-likeness (QED) is 0.785. The van der Waals surface area contributed by atoms with Crippen LogP contribution in [0, 0.1) is 0 Å². The first kappa shape index (κ1) is 13.1. The second-order valence-corrected chi connectivity index (χ2v) is 4.52. The minimum atomic E-state index is 0.721. The van der Waals surface area contributed by atoms with Crippen LogP contribution in [0.1, 0.15) is 0 Å². The number of ether oxygens (including phenoxy) is 1. The average molecular weight is 277 g/mol. The summed E-state index contributed by atoms with van der Waals surface area (Å²) in [5.41, 5.74) is 2.83. The molecule has 0 aliphatic heterocycles. The van der Waals surface area contributed by atoms with Crippen LogP contribution in [0.4, 0.5) is 11.5 Å². The summed E-state index contributed by atoms with van der Waals surface area (Å²) < 4.78 is 5.14. The Labute approximate surface area is 123 Å². The largest absolute Gasteiger partial charge is 0.497 e. The van der Waals surface area contributed by atoms with Gasteiger partial charge in [0, 0.05) is 11.3 Å². The van der Waals surface area contributed by atoms with Crippen molar-refractivity contribution in [1.29, 1.82) is 0 Å². The molecule has 0 amide bonds. The van der Waals surface area contributed by atoms with Gasteiger partial charge >= 0.3 is 0 Å². The Morgan fingerprint density at radius 2 is 1.57 bits per heavy atom. The van der Waals surface area contributed by atoms with Gasteiger partial charge in [0.25, 0.3) is 0 Å². The number of hydrogen-bond acceptors (Lipinski definition) is 4. The van der Waals surface area contributed by atoms with Gasteiger partial charge in [-0.15, -0.1) is 10.2 Å². The van der Waals surface area contributed by atoms with Crippen molar-refractivity contribution in [2.75, 3.05) is 12.4 Å². The standard InChI is InChI=1S/C17H15N3O/c1-21-15-9-7-13(8-10-15)16-11-12-17(20-19-16)18-14-5-3-2-4-6-14/h2-12H,1H3,(H,18,20). The fraction of sp³-hybridized carbons (Fsp3) is 0.0588. The van der Waals surface area contributed by atoms with Gasteiger partial charge in [-0.05, 0) is 48.5 Å². The van der Waals surface area contributed by atoms with Crippen molar-refractivity contribution in [2.24, 2.45) is 0 Å². The molecule has 3 aromatic rings. The summed E-state index contributed by atoms with van der Waals surface area (Å²) >= 11 is 0. The summed E-state index contributed by atoms with van der Waals surface area (Å²) in [5.74, 6) is 1.55. The Hall–Kier alpha value is -2.88. The van der Waals surface area contributed by atoms with E-state index in [1.807, 2.05) is 66.7 Å². The highest BCUT2D eigenvalue weighted by Crippen LogP contribution is 2.21. The molecular weight excluding hydrogens is 262 g/mol. The number of methoxy groups -OCH3 is 1. The van der Waals surface area contributed by atoms with Crippen LogP contribution < -0.4 is 10.1 Å². The van der Waals surface area contributed by atoms with Gasteiger partial charge < -0.3 is 10.1 Å². The van der Waals surface area contributed by atoms with E-state index in [9.17, 15) is 0 Å². The van der Waals surface area contributed by atoms with Gasteiger partial charge in [-0.3, -0.25) is 0 Å². The summed E-state index contributed by atoms with van der Waals surface area (Å²) in [4.78, 5) is 0. The molecule has 0 radical (unpaired) electrons. The lowest BCUT2D eigenvalue weighted by atomic mass is 10.1. The third-order valence-electron chi connectivity index (χ3n) is 3.10. The molecule has 3 rings (SSSR count). The molecule has 0 saturated carbocycles. The summed E-state index contributed by atoms with van der Waals surface area (Å²) in [6.07, 6.45) is 0. The van der Waals surface area contributed by atoms with E-state index in [0.717, 1.165) is 28.5 Å².